The monoisotopic (exact) mass is 409 g/mol. The van der Waals surface area contributed by atoms with Crippen molar-refractivity contribution in [2.75, 3.05) is 10.6 Å². The lowest BCUT2D eigenvalue weighted by atomic mass is 10.1. The first-order valence-corrected chi connectivity index (χ1v) is 9.17. The molecule has 31 heavy (non-hydrogen) atoms. The van der Waals surface area contributed by atoms with Crippen LogP contribution in [0.15, 0.2) is 89.3 Å². The second-order valence-electron chi connectivity index (χ2n) is 6.51. The summed E-state index contributed by atoms with van der Waals surface area (Å²) in [7, 11) is 0. The summed E-state index contributed by atoms with van der Waals surface area (Å²) in [6, 6.07) is 19.6. The molecule has 0 bridgehead atoms. The zero-order valence-corrected chi connectivity index (χ0v) is 16.0. The summed E-state index contributed by atoms with van der Waals surface area (Å²) in [6.45, 7) is 0. The zero-order valence-electron chi connectivity index (χ0n) is 16.0. The van der Waals surface area contributed by atoms with E-state index in [9.17, 15) is 19.7 Å². The molecular weight excluding hydrogens is 395 g/mol. The standard InChI is InChI=1S/C23H13FN6O/c24-17-9-7-15(8-10-17)23(31)27-18-4-3-11-30(14-18)22-21(16(12-25)13-26)28-19-5-1-2-6-20(19)29-22/h1-11,14,28H/p+1. The highest BCUT2D eigenvalue weighted by Crippen LogP contribution is 2.30. The second-order valence-corrected chi connectivity index (χ2v) is 6.51. The van der Waals surface area contributed by atoms with Crippen LogP contribution in [0.2, 0.25) is 0 Å². The quantitative estimate of drug-likeness (QED) is 0.498. The number of hydrogen-bond acceptors (Lipinski definition) is 5. The number of nitrogens with zero attached hydrogens (tertiary/aromatic N) is 4. The van der Waals surface area contributed by atoms with Crippen LogP contribution in [0, 0.1) is 28.5 Å². The summed E-state index contributed by atoms with van der Waals surface area (Å²) in [5.74, 6) is -0.505. The Morgan fingerprint density at radius 1 is 1.03 bits per heavy atom. The van der Waals surface area contributed by atoms with E-state index in [0.29, 0.717) is 28.5 Å². The van der Waals surface area contributed by atoms with Crippen molar-refractivity contribution in [3.63, 3.8) is 0 Å². The van der Waals surface area contributed by atoms with Crippen molar-refractivity contribution >= 4 is 28.8 Å². The van der Waals surface area contributed by atoms with Gasteiger partial charge in [0.05, 0.1) is 17.6 Å². The average molecular weight is 409 g/mol. The number of pyridine rings is 1. The van der Waals surface area contributed by atoms with Gasteiger partial charge in [-0.15, -0.1) is 0 Å². The van der Waals surface area contributed by atoms with Crippen molar-refractivity contribution in [1.82, 2.24) is 0 Å². The van der Waals surface area contributed by atoms with E-state index >= 15 is 0 Å². The number of nitriles is 2. The largest absolute Gasteiger partial charge is 0.354 e. The van der Waals surface area contributed by atoms with Gasteiger partial charge in [-0.05, 0) is 53.5 Å². The summed E-state index contributed by atoms with van der Waals surface area (Å²) in [5, 5.41) is 24.6. The minimum absolute atomic E-state index is 0.124. The maximum absolute atomic E-state index is 13.1. The van der Waals surface area contributed by atoms with Crippen LogP contribution in [0.1, 0.15) is 10.4 Å². The van der Waals surface area contributed by atoms with Gasteiger partial charge in [0.25, 0.3) is 5.91 Å². The van der Waals surface area contributed by atoms with Crippen LogP contribution in [-0.4, -0.2) is 11.7 Å². The molecule has 0 saturated heterocycles. The van der Waals surface area contributed by atoms with Crippen LogP contribution < -0.4 is 15.2 Å². The highest BCUT2D eigenvalue weighted by Gasteiger charge is 2.30. The number of amides is 1. The molecule has 0 radical (unpaired) electrons. The Morgan fingerprint density at radius 3 is 2.52 bits per heavy atom. The van der Waals surface area contributed by atoms with Crippen molar-refractivity contribution in [3.8, 4) is 12.1 Å². The summed E-state index contributed by atoms with van der Waals surface area (Å²) in [6.07, 6.45) is 3.30. The predicted molar refractivity (Wildman–Crippen MR) is 112 cm³/mol. The Hall–Kier alpha value is -4.82. The van der Waals surface area contributed by atoms with Gasteiger partial charge in [-0.3, -0.25) is 4.79 Å². The number of carbonyl (C=O) groups is 1. The summed E-state index contributed by atoms with van der Waals surface area (Å²) < 4.78 is 14.7. The van der Waals surface area contributed by atoms with E-state index in [-0.39, 0.29) is 11.3 Å². The van der Waals surface area contributed by atoms with Gasteiger partial charge < -0.3 is 10.6 Å². The molecule has 4 rings (SSSR count). The molecule has 1 aliphatic rings. The first-order chi connectivity index (χ1) is 15.1. The number of rotatable bonds is 2. The predicted octanol–water partition coefficient (Wildman–Crippen LogP) is 3.67. The third-order valence-electron chi connectivity index (χ3n) is 4.50. The molecule has 1 amide bonds. The minimum atomic E-state index is -0.428. The van der Waals surface area contributed by atoms with Crippen molar-refractivity contribution in [2.24, 2.45) is 4.99 Å². The number of allylic oxidation sites excluding steroid dienone is 2. The van der Waals surface area contributed by atoms with E-state index in [1.807, 2.05) is 24.3 Å². The van der Waals surface area contributed by atoms with E-state index in [0.717, 1.165) is 0 Å². The van der Waals surface area contributed by atoms with E-state index in [1.165, 1.54) is 24.3 Å². The van der Waals surface area contributed by atoms with Gasteiger partial charge in [0.15, 0.2) is 17.0 Å². The smallest absolute Gasteiger partial charge is 0.343 e. The number of aromatic nitrogens is 1. The lowest BCUT2D eigenvalue weighted by molar-refractivity contribution is -0.553. The van der Waals surface area contributed by atoms with Gasteiger partial charge in [-0.1, -0.05) is 12.1 Å². The molecule has 7 nitrogen and oxygen atoms in total. The fourth-order valence-corrected chi connectivity index (χ4v) is 3.02. The van der Waals surface area contributed by atoms with Crippen LogP contribution in [-0.2, 0) is 0 Å². The van der Waals surface area contributed by atoms with Crippen molar-refractivity contribution in [2.45, 2.75) is 0 Å². The zero-order chi connectivity index (χ0) is 21.8. The Kier molecular flexibility index (Phi) is 5.20. The molecular formula is C23H14FN6O+. The number of benzene rings is 2. The van der Waals surface area contributed by atoms with Crippen molar-refractivity contribution in [3.05, 3.63) is 95.7 Å². The molecule has 8 heteroatoms. The Morgan fingerprint density at radius 2 is 1.77 bits per heavy atom. The summed E-state index contributed by atoms with van der Waals surface area (Å²) in [4.78, 5) is 17.1. The van der Waals surface area contributed by atoms with E-state index in [2.05, 4.69) is 15.6 Å². The number of para-hydroxylation sites is 2. The number of fused-ring (bicyclic) bond motifs is 1. The van der Waals surface area contributed by atoms with E-state index in [1.54, 1.807) is 41.2 Å². The first-order valence-electron chi connectivity index (χ1n) is 9.17. The SMILES string of the molecule is N#CC(C#N)=C1Nc2ccccc2N=C1[n+]1cccc(NC(=O)c2ccc(F)cc2)c1. The Labute approximate surface area is 177 Å². The molecule has 1 aliphatic heterocycles. The van der Waals surface area contributed by atoms with Gasteiger partial charge in [0.1, 0.15) is 24.2 Å². The average Bonchev–Trinajstić information content (AvgIpc) is 2.80. The van der Waals surface area contributed by atoms with Gasteiger partial charge in [0.2, 0.25) is 0 Å². The summed E-state index contributed by atoms with van der Waals surface area (Å²) >= 11 is 0. The van der Waals surface area contributed by atoms with E-state index < -0.39 is 11.7 Å². The summed E-state index contributed by atoms with van der Waals surface area (Å²) in [5.41, 5.74) is 2.21. The molecule has 3 aromatic rings. The van der Waals surface area contributed by atoms with Gasteiger partial charge in [0, 0.05) is 5.56 Å². The molecule has 0 saturated carbocycles. The molecule has 0 fully saturated rings. The lowest BCUT2D eigenvalue weighted by Gasteiger charge is -2.15. The molecule has 2 heterocycles. The van der Waals surface area contributed by atoms with E-state index in [4.69, 9.17) is 0 Å². The van der Waals surface area contributed by atoms with Crippen molar-refractivity contribution < 1.29 is 13.8 Å². The molecule has 0 unspecified atom stereocenters. The highest BCUT2D eigenvalue weighted by molar-refractivity contribution is 6.05. The molecule has 1 aromatic heterocycles. The van der Waals surface area contributed by atoms with Gasteiger partial charge in [-0.25, -0.2) is 4.39 Å². The van der Waals surface area contributed by atoms with Crippen LogP contribution in [0.3, 0.4) is 0 Å². The van der Waals surface area contributed by atoms with Crippen molar-refractivity contribution in [1.29, 1.82) is 10.5 Å². The number of anilines is 2. The second kappa shape index (κ2) is 8.27. The molecule has 2 aromatic carbocycles. The topological polar surface area (TPSA) is 105 Å². The lowest BCUT2D eigenvalue weighted by Crippen LogP contribution is -2.46. The molecule has 148 valence electrons. The molecule has 0 spiro atoms. The first kappa shape index (κ1) is 19.5. The molecule has 2 N–H and O–H groups in total. The number of halogens is 1. The molecule has 0 atom stereocenters. The third-order valence-corrected chi connectivity index (χ3v) is 4.50. The minimum Gasteiger partial charge on any atom is -0.343 e. The maximum atomic E-state index is 13.1. The number of carbonyl (C=O) groups excluding carboxylic acids is 1. The molecule has 0 aliphatic carbocycles. The highest BCUT2D eigenvalue weighted by atomic mass is 19.1. The van der Waals surface area contributed by atoms with Crippen LogP contribution in [0.5, 0.6) is 0 Å². The van der Waals surface area contributed by atoms with Crippen LogP contribution in [0.25, 0.3) is 0 Å². The fourth-order valence-electron chi connectivity index (χ4n) is 3.02. The van der Waals surface area contributed by atoms with Crippen LogP contribution in [0.4, 0.5) is 21.5 Å². The number of hydrogen-bond donors (Lipinski definition) is 2. The fraction of sp³-hybridized carbons (Fsp3) is 0. The van der Waals surface area contributed by atoms with Crippen LogP contribution >= 0.6 is 0 Å². The Bertz CT molecular complexity index is 1310. The number of nitrogens with one attached hydrogen (secondary N) is 2. The number of aliphatic imine (C=N–C) groups is 1. The van der Waals surface area contributed by atoms with Gasteiger partial charge >= 0.3 is 5.84 Å². The van der Waals surface area contributed by atoms with Gasteiger partial charge in [-0.2, -0.15) is 15.1 Å². The Balaban J connectivity index is 1.73. The normalized spacial score (nSPS) is 11.8. The third kappa shape index (κ3) is 4.00. The maximum Gasteiger partial charge on any atom is 0.354 e.